The van der Waals surface area contributed by atoms with Crippen LogP contribution in [0.3, 0.4) is 0 Å². The van der Waals surface area contributed by atoms with E-state index in [1.54, 1.807) is 0 Å². The molecule has 3 nitrogen and oxygen atoms in total. The smallest absolute Gasteiger partial charge is 0.0641 e. The molecule has 0 N–H and O–H groups in total. The molecule has 0 aliphatic carbocycles. The maximum absolute atomic E-state index is 2.49. The maximum Gasteiger partial charge on any atom is 0.0641 e. The van der Waals surface area contributed by atoms with Gasteiger partial charge in [-0.1, -0.05) is 121 Å². The van der Waals surface area contributed by atoms with Crippen LogP contribution in [0, 0.1) is 0 Å². The first kappa shape index (κ1) is 28.9. The maximum atomic E-state index is 2.49. The van der Waals surface area contributed by atoms with Gasteiger partial charge in [-0.25, -0.2) is 0 Å². The molecule has 11 aromatic rings. The minimum atomic E-state index is 1.15. The van der Waals surface area contributed by atoms with Crippen molar-refractivity contribution in [2.24, 2.45) is 7.05 Å². The summed E-state index contributed by atoms with van der Waals surface area (Å²) in [7, 11) is 2.18. The summed E-state index contributed by atoms with van der Waals surface area (Å²) in [6.45, 7) is 0. The molecule has 0 aliphatic rings. The van der Waals surface area contributed by atoms with E-state index in [2.05, 4.69) is 203 Å². The number of hydrogen-bond acceptors (Lipinski definition) is 0. The molecule has 0 amide bonds. The van der Waals surface area contributed by atoms with Crippen molar-refractivity contribution >= 4 is 65.4 Å². The minimum Gasteiger partial charge on any atom is -0.344 e. The molecular weight excluding hydrogens is 631 g/mol. The van der Waals surface area contributed by atoms with E-state index >= 15 is 0 Å². The predicted molar refractivity (Wildman–Crippen MR) is 220 cm³/mol. The third-order valence-corrected chi connectivity index (χ3v) is 11.0. The Hall–Kier alpha value is -6.84. The third kappa shape index (κ3) is 4.14. The summed E-state index contributed by atoms with van der Waals surface area (Å²) in [5.74, 6) is 0. The fourth-order valence-electron chi connectivity index (χ4n) is 8.68. The van der Waals surface area contributed by atoms with E-state index < -0.39 is 0 Å². The molecule has 11 rings (SSSR count). The molecule has 3 heteroatoms. The van der Waals surface area contributed by atoms with Crippen molar-refractivity contribution in [3.8, 4) is 33.6 Å². The highest BCUT2D eigenvalue weighted by Gasteiger charge is 2.20. The van der Waals surface area contributed by atoms with Gasteiger partial charge >= 0.3 is 0 Å². The Morgan fingerprint density at radius 2 is 0.846 bits per heavy atom. The molecule has 0 spiro atoms. The van der Waals surface area contributed by atoms with Crippen molar-refractivity contribution in [1.82, 2.24) is 13.7 Å². The highest BCUT2D eigenvalue weighted by molar-refractivity contribution is 6.26. The summed E-state index contributed by atoms with van der Waals surface area (Å²) in [4.78, 5) is 0. The predicted octanol–water partition coefficient (Wildman–Crippen LogP) is 12.9. The average molecular weight is 664 g/mol. The summed E-state index contributed by atoms with van der Waals surface area (Å²) in [6, 6.07) is 66.5. The van der Waals surface area contributed by atoms with Gasteiger partial charge in [0.1, 0.15) is 0 Å². The van der Waals surface area contributed by atoms with Gasteiger partial charge in [0, 0.05) is 56.3 Å². The van der Waals surface area contributed by atoms with E-state index in [0.717, 1.165) is 11.4 Å². The van der Waals surface area contributed by atoms with E-state index in [9.17, 15) is 0 Å². The summed E-state index contributed by atoms with van der Waals surface area (Å²) in [5, 5.41) is 7.59. The fraction of sp³-hybridized carbons (Fsp3) is 0.0204. The Morgan fingerprint density at radius 1 is 0.308 bits per heavy atom. The van der Waals surface area contributed by atoms with Crippen LogP contribution in [0.1, 0.15) is 0 Å². The Balaban J connectivity index is 1.14. The Kier molecular flexibility index (Phi) is 6.17. The van der Waals surface area contributed by atoms with E-state index in [4.69, 9.17) is 0 Å². The average Bonchev–Trinajstić information content (AvgIpc) is 3.83. The monoisotopic (exact) mass is 663 g/mol. The van der Waals surface area contributed by atoms with E-state index in [1.807, 2.05) is 0 Å². The van der Waals surface area contributed by atoms with Gasteiger partial charge in [-0.15, -0.1) is 0 Å². The largest absolute Gasteiger partial charge is 0.344 e. The van der Waals surface area contributed by atoms with Crippen molar-refractivity contribution < 1.29 is 0 Å². The van der Waals surface area contributed by atoms with Crippen molar-refractivity contribution in [2.75, 3.05) is 0 Å². The van der Waals surface area contributed by atoms with E-state index in [1.165, 1.54) is 87.7 Å². The van der Waals surface area contributed by atoms with Gasteiger partial charge in [0.25, 0.3) is 0 Å². The molecule has 0 saturated carbocycles. The third-order valence-electron chi connectivity index (χ3n) is 11.0. The summed E-state index contributed by atoms with van der Waals surface area (Å²) < 4.78 is 7.24. The zero-order valence-corrected chi connectivity index (χ0v) is 28.7. The van der Waals surface area contributed by atoms with Gasteiger partial charge in [0.05, 0.1) is 27.6 Å². The number of nitrogens with zero attached hydrogens (tertiary/aromatic N) is 3. The molecule has 52 heavy (non-hydrogen) atoms. The molecule has 0 atom stereocenters. The standard InChI is InChI=1S/C49H33N3/c1-50-43-22-8-7-21-41(43)48-47(50)28-26-40-38-19-5-10-24-45(38)52(49(40)48)37-25-27-46-42(31-37)39-20-6-9-23-44(39)51(46)36-18-12-17-35(30-36)34-16-11-15-33(29-34)32-13-3-2-4-14-32/h2-31H,1H3. The molecular formula is C49H33N3. The first-order chi connectivity index (χ1) is 25.7. The lowest BCUT2D eigenvalue weighted by Gasteiger charge is -2.12. The molecule has 8 aromatic carbocycles. The van der Waals surface area contributed by atoms with Gasteiger partial charge in [0.15, 0.2) is 0 Å². The molecule has 0 saturated heterocycles. The molecule has 0 aliphatic heterocycles. The molecule has 3 aromatic heterocycles. The van der Waals surface area contributed by atoms with Gasteiger partial charge < -0.3 is 13.7 Å². The van der Waals surface area contributed by atoms with Crippen molar-refractivity contribution in [2.45, 2.75) is 0 Å². The number of aryl methyl sites for hydroxylation is 1. The zero-order chi connectivity index (χ0) is 34.3. The van der Waals surface area contributed by atoms with Crippen LogP contribution >= 0.6 is 0 Å². The lowest BCUT2D eigenvalue weighted by Crippen LogP contribution is -1.96. The minimum absolute atomic E-state index is 1.15. The van der Waals surface area contributed by atoms with Crippen LogP contribution in [0.5, 0.6) is 0 Å². The number of para-hydroxylation sites is 3. The van der Waals surface area contributed by atoms with Gasteiger partial charge in [-0.2, -0.15) is 0 Å². The fourth-order valence-corrected chi connectivity index (χ4v) is 8.68. The number of aromatic nitrogens is 3. The Morgan fingerprint density at radius 3 is 1.63 bits per heavy atom. The quantitative estimate of drug-likeness (QED) is 0.178. The number of hydrogen-bond donors (Lipinski definition) is 0. The van der Waals surface area contributed by atoms with Gasteiger partial charge in [-0.05, 0) is 82.9 Å². The van der Waals surface area contributed by atoms with Gasteiger partial charge in [0.2, 0.25) is 0 Å². The van der Waals surface area contributed by atoms with Crippen molar-refractivity contribution in [1.29, 1.82) is 0 Å². The topological polar surface area (TPSA) is 14.8 Å². The van der Waals surface area contributed by atoms with Gasteiger partial charge in [-0.3, -0.25) is 0 Å². The molecule has 244 valence electrons. The second-order valence-electron chi connectivity index (χ2n) is 13.8. The van der Waals surface area contributed by atoms with Crippen LogP contribution in [0.15, 0.2) is 182 Å². The van der Waals surface area contributed by atoms with E-state index in [-0.39, 0.29) is 0 Å². The first-order valence-corrected chi connectivity index (χ1v) is 17.9. The van der Waals surface area contributed by atoms with Crippen LogP contribution in [0.25, 0.3) is 99.0 Å². The summed E-state index contributed by atoms with van der Waals surface area (Å²) in [6.07, 6.45) is 0. The SMILES string of the molecule is Cn1c2ccccc2c2c1ccc1c3ccccc3n(-c3ccc4c(c3)c3ccccc3n4-c3cccc(-c4cccc(-c5ccccc5)c4)c3)c12. The normalized spacial score (nSPS) is 11.9. The van der Waals surface area contributed by atoms with Crippen LogP contribution in [-0.4, -0.2) is 13.7 Å². The Labute approximate surface area is 300 Å². The van der Waals surface area contributed by atoms with Crippen LogP contribution in [0.2, 0.25) is 0 Å². The summed E-state index contributed by atoms with van der Waals surface area (Å²) in [5.41, 5.74) is 14.5. The lowest BCUT2D eigenvalue weighted by molar-refractivity contribution is 1.01. The number of rotatable bonds is 4. The van der Waals surface area contributed by atoms with Crippen molar-refractivity contribution in [3.05, 3.63) is 182 Å². The van der Waals surface area contributed by atoms with Crippen molar-refractivity contribution in [3.63, 3.8) is 0 Å². The van der Waals surface area contributed by atoms with Crippen LogP contribution in [0.4, 0.5) is 0 Å². The van der Waals surface area contributed by atoms with E-state index in [0.29, 0.717) is 0 Å². The lowest BCUT2D eigenvalue weighted by atomic mass is 9.99. The second kappa shape index (κ2) is 11.1. The number of benzene rings is 8. The zero-order valence-electron chi connectivity index (χ0n) is 28.7. The summed E-state index contributed by atoms with van der Waals surface area (Å²) >= 11 is 0. The van der Waals surface area contributed by atoms with Crippen LogP contribution in [-0.2, 0) is 7.05 Å². The molecule has 0 fully saturated rings. The number of fused-ring (bicyclic) bond motifs is 10. The second-order valence-corrected chi connectivity index (χ2v) is 13.8. The Bertz CT molecular complexity index is 3190. The first-order valence-electron chi connectivity index (χ1n) is 17.9. The molecule has 3 heterocycles. The highest BCUT2D eigenvalue weighted by atomic mass is 15.0. The van der Waals surface area contributed by atoms with Crippen LogP contribution < -0.4 is 0 Å². The molecule has 0 radical (unpaired) electrons. The molecule has 0 unspecified atom stereocenters. The highest BCUT2D eigenvalue weighted by Crippen LogP contribution is 2.42. The molecule has 0 bridgehead atoms.